The van der Waals surface area contributed by atoms with Crippen LogP contribution in [-0.2, 0) is 0 Å². The summed E-state index contributed by atoms with van der Waals surface area (Å²) in [5.74, 6) is -1.26. The topological polar surface area (TPSA) is 56.7 Å². The monoisotopic (exact) mass is 361 g/mol. The molecule has 3 N–H and O–H groups in total. The highest BCUT2D eigenvalue weighted by Gasteiger charge is 2.12. The highest BCUT2D eigenvalue weighted by molar-refractivity contribution is 5.80. The first-order chi connectivity index (χ1) is 12.4. The third-order valence-electron chi connectivity index (χ3n) is 4.03. The number of aliphatic hydroxyl groups excluding tert-OH is 1. The van der Waals surface area contributed by atoms with E-state index >= 15 is 0 Å². The maximum atomic E-state index is 13.4. The summed E-state index contributed by atoms with van der Waals surface area (Å²) in [4.78, 5) is 4.39. The largest absolute Gasteiger partial charge is 0.386 e. The van der Waals surface area contributed by atoms with E-state index in [-0.39, 0.29) is 12.6 Å². The summed E-state index contributed by atoms with van der Waals surface area (Å²) in [6, 6.07) is 11.2. The summed E-state index contributed by atoms with van der Waals surface area (Å²) >= 11 is 0. The molecule has 0 aliphatic rings. The molecule has 26 heavy (non-hydrogen) atoms. The fraction of sp³-hybridized carbons (Fsp3) is 0.350. The quantitative estimate of drug-likeness (QED) is 0.544. The number of nitrogens with one attached hydrogen (secondary N) is 2. The number of nitrogens with zero attached hydrogens (tertiary/aromatic N) is 1. The molecule has 0 amide bonds. The van der Waals surface area contributed by atoms with Crippen LogP contribution in [0.15, 0.2) is 47.5 Å². The van der Waals surface area contributed by atoms with E-state index in [2.05, 4.69) is 15.6 Å². The van der Waals surface area contributed by atoms with Crippen molar-refractivity contribution in [3.63, 3.8) is 0 Å². The number of aliphatic imine (C=N–C) groups is 1. The van der Waals surface area contributed by atoms with Gasteiger partial charge >= 0.3 is 0 Å². The minimum absolute atomic E-state index is 0.183. The zero-order valence-electron chi connectivity index (χ0n) is 15.3. The number of rotatable bonds is 6. The van der Waals surface area contributed by atoms with Gasteiger partial charge in [-0.25, -0.2) is 8.78 Å². The number of hydrogen-bond acceptors (Lipinski definition) is 2. The molecule has 0 aliphatic carbocycles. The molecule has 2 unspecified atom stereocenters. The van der Waals surface area contributed by atoms with Gasteiger partial charge in [0.1, 0.15) is 0 Å². The van der Waals surface area contributed by atoms with Crippen LogP contribution >= 0.6 is 0 Å². The lowest BCUT2D eigenvalue weighted by atomic mass is 10.1. The second-order valence-electron chi connectivity index (χ2n) is 6.19. The van der Waals surface area contributed by atoms with Gasteiger partial charge < -0.3 is 15.7 Å². The predicted molar refractivity (Wildman–Crippen MR) is 100 cm³/mol. The van der Waals surface area contributed by atoms with Crippen LogP contribution < -0.4 is 10.6 Å². The Labute approximate surface area is 153 Å². The molecule has 0 radical (unpaired) electrons. The van der Waals surface area contributed by atoms with E-state index in [0.717, 1.165) is 23.3 Å². The van der Waals surface area contributed by atoms with Crippen LogP contribution in [0.1, 0.15) is 42.7 Å². The summed E-state index contributed by atoms with van der Waals surface area (Å²) in [6.07, 6.45) is -0.718. The normalized spacial score (nSPS) is 14.0. The van der Waals surface area contributed by atoms with Gasteiger partial charge in [0, 0.05) is 6.54 Å². The van der Waals surface area contributed by atoms with Gasteiger partial charge in [0.15, 0.2) is 17.6 Å². The number of benzene rings is 2. The Kier molecular flexibility index (Phi) is 7.09. The van der Waals surface area contributed by atoms with Gasteiger partial charge in [0.2, 0.25) is 0 Å². The molecule has 2 rings (SSSR count). The lowest BCUT2D eigenvalue weighted by Gasteiger charge is -2.19. The van der Waals surface area contributed by atoms with Gasteiger partial charge in [0.25, 0.3) is 0 Å². The molecule has 140 valence electrons. The summed E-state index contributed by atoms with van der Waals surface area (Å²) in [7, 11) is 0. The van der Waals surface area contributed by atoms with Gasteiger partial charge in [0.05, 0.1) is 18.7 Å². The van der Waals surface area contributed by atoms with E-state index in [0.29, 0.717) is 18.1 Å². The number of hydrogen-bond donors (Lipinski definition) is 3. The summed E-state index contributed by atoms with van der Waals surface area (Å²) in [5, 5.41) is 16.5. The second-order valence-corrected chi connectivity index (χ2v) is 6.19. The first-order valence-electron chi connectivity index (χ1n) is 8.65. The van der Waals surface area contributed by atoms with Crippen molar-refractivity contribution in [3.8, 4) is 0 Å². The minimum Gasteiger partial charge on any atom is -0.386 e. The maximum Gasteiger partial charge on any atom is 0.191 e. The van der Waals surface area contributed by atoms with Crippen LogP contribution in [-0.4, -0.2) is 24.2 Å². The molecule has 2 atom stereocenters. The Morgan fingerprint density at radius 3 is 2.35 bits per heavy atom. The molecule has 2 aromatic rings. The highest BCUT2D eigenvalue weighted by Crippen LogP contribution is 2.16. The number of halogens is 2. The average Bonchev–Trinajstić information content (AvgIpc) is 2.62. The molecule has 0 aromatic heterocycles. The van der Waals surface area contributed by atoms with Gasteiger partial charge in [-0.3, -0.25) is 4.99 Å². The van der Waals surface area contributed by atoms with Crippen molar-refractivity contribution in [1.82, 2.24) is 10.6 Å². The lowest BCUT2D eigenvalue weighted by Crippen LogP contribution is -2.39. The smallest absolute Gasteiger partial charge is 0.191 e. The SMILES string of the molecule is CCNC(=NCC(O)c1ccc(C)cc1)NC(C)c1ccc(F)c(F)c1. The van der Waals surface area contributed by atoms with E-state index < -0.39 is 17.7 Å². The van der Waals surface area contributed by atoms with Gasteiger partial charge in [-0.15, -0.1) is 0 Å². The average molecular weight is 361 g/mol. The number of aliphatic hydroxyl groups is 1. The van der Waals surface area contributed by atoms with Crippen LogP contribution in [0.3, 0.4) is 0 Å². The van der Waals surface area contributed by atoms with E-state index in [1.165, 1.54) is 6.07 Å². The molecular formula is C20H25F2N3O. The molecule has 6 heteroatoms. The van der Waals surface area contributed by atoms with Crippen LogP contribution in [0.4, 0.5) is 8.78 Å². The van der Waals surface area contributed by atoms with Crippen LogP contribution in [0, 0.1) is 18.6 Å². The third-order valence-corrected chi connectivity index (χ3v) is 4.03. The molecule has 0 bridgehead atoms. The van der Waals surface area contributed by atoms with Gasteiger partial charge in [-0.2, -0.15) is 0 Å². The summed E-state index contributed by atoms with van der Waals surface area (Å²) < 4.78 is 26.5. The number of guanidine groups is 1. The molecule has 0 heterocycles. The van der Waals surface area contributed by atoms with Crippen LogP contribution in [0.5, 0.6) is 0 Å². The zero-order valence-corrected chi connectivity index (χ0v) is 15.3. The Morgan fingerprint density at radius 2 is 1.73 bits per heavy atom. The Morgan fingerprint density at radius 1 is 1.08 bits per heavy atom. The number of aryl methyl sites for hydroxylation is 1. The fourth-order valence-electron chi connectivity index (χ4n) is 2.46. The van der Waals surface area contributed by atoms with E-state index in [1.54, 1.807) is 0 Å². The lowest BCUT2D eigenvalue weighted by molar-refractivity contribution is 0.187. The third kappa shape index (κ3) is 5.52. The standard InChI is InChI=1S/C20H25F2N3O/c1-4-23-20(24-12-19(26)15-7-5-13(2)6-8-15)25-14(3)16-9-10-17(21)18(22)11-16/h5-11,14,19,26H,4,12H2,1-3H3,(H2,23,24,25). The van der Waals surface area contributed by atoms with Crippen molar-refractivity contribution in [2.75, 3.05) is 13.1 Å². The van der Waals surface area contributed by atoms with Crippen LogP contribution in [0.2, 0.25) is 0 Å². The Balaban J connectivity index is 2.05. The van der Waals surface area contributed by atoms with Crippen molar-refractivity contribution in [1.29, 1.82) is 0 Å². The highest BCUT2D eigenvalue weighted by atomic mass is 19.2. The van der Waals surface area contributed by atoms with E-state index in [1.807, 2.05) is 45.0 Å². The van der Waals surface area contributed by atoms with Crippen molar-refractivity contribution in [2.45, 2.75) is 32.9 Å². The van der Waals surface area contributed by atoms with Crippen LogP contribution in [0.25, 0.3) is 0 Å². The van der Waals surface area contributed by atoms with Crippen molar-refractivity contribution >= 4 is 5.96 Å². The van der Waals surface area contributed by atoms with Crippen molar-refractivity contribution < 1.29 is 13.9 Å². The fourth-order valence-corrected chi connectivity index (χ4v) is 2.46. The molecule has 0 spiro atoms. The molecule has 0 fully saturated rings. The summed E-state index contributed by atoms with van der Waals surface area (Å²) in [6.45, 7) is 6.56. The molecular weight excluding hydrogens is 336 g/mol. The maximum absolute atomic E-state index is 13.4. The Hall–Kier alpha value is -2.47. The molecule has 0 saturated heterocycles. The van der Waals surface area contributed by atoms with Crippen molar-refractivity contribution in [3.05, 3.63) is 70.8 Å². The minimum atomic E-state index is -0.882. The summed E-state index contributed by atoms with van der Waals surface area (Å²) in [5.41, 5.74) is 2.53. The van der Waals surface area contributed by atoms with E-state index in [9.17, 15) is 13.9 Å². The van der Waals surface area contributed by atoms with Gasteiger partial charge in [-0.05, 0) is 44.0 Å². The molecule has 0 saturated carbocycles. The van der Waals surface area contributed by atoms with E-state index in [4.69, 9.17) is 0 Å². The molecule has 2 aromatic carbocycles. The molecule has 4 nitrogen and oxygen atoms in total. The second kappa shape index (κ2) is 9.29. The first kappa shape index (κ1) is 19.8. The zero-order chi connectivity index (χ0) is 19.1. The van der Waals surface area contributed by atoms with Gasteiger partial charge in [-0.1, -0.05) is 35.9 Å². The molecule has 0 aliphatic heterocycles. The van der Waals surface area contributed by atoms with Crippen molar-refractivity contribution in [2.24, 2.45) is 4.99 Å². The Bertz CT molecular complexity index is 747. The first-order valence-corrected chi connectivity index (χ1v) is 8.65. The predicted octanol–water partition coefficient (Wildman–Crippen LogP) is 3.62.